The third-order valence-electron chi connectivity index (χ3n) is 5.16. The van der Waals surface area contributed by atoms with Crippen LogP contribution in [0.5, 0.6) is 5.75 Å². The van der Waals surface area contributed by atoms with Crippen molar-refractivity contribution < 1.29 is 19.1 Å². The fourth-order valence-corrected chi connectivity index (χ4v) is 3.75. The van der Waals surface area contributed by atoms with Crippen LogP contribution >= 0.6 is 0 Å². The number of benzene rings is 2. The van der Waals surface area contributed by atoms with Crippen LogP contribution in [-0.4, -0.2) is 49.1 Å². The number of hydrogen-bond acceptors (Lipinski definition) is 6. The van der Waals surface area contributed by atoms with Gasteiger partial charge in [-0.25, -0.2) is 4.90 Å². The number of rotatable bonds is 5. The third-order valence-corrected chi connectivity index (χ3v) is 5.16. The molecule has 158 valence electrons. The Bertz CT molecular complexity index is 1060. The SMILES string of the molecule is CC(C)Oc1ccc(C2=C(N3CCOCC3)C(=O)N(c3ccc(C#N)cc3)C2=O)cc1. The fourth-order valence-electron chi connectivity index (χ4n) is 3.75. The van der Waals surface area contributed by atoms with Crippen LogP contribution in [0.1, 0.15) is 25.0 Å². The zero-order valence-corrected chi connectivity index (χ0v) is 17.5. The summed E-state index contributed by atoms with van der Waals surface area (Å²) in [6, 6.07) is 15.7. The molecule has 31 heavy (non-hydrogen) atoms. The predicted molar refractivity (Wildman–Crippen MR) is 115 cm³/mol. The van der Waals surface area contributed by atoms with Crippen molar-refractivity contribution in [2.24, 2.45) is 0 Å². The summed E-state index contributed by atoms with van der Waals surface area (Å²) in [6.45, 7) is 5.96. The summed E-state index contributed by atoms with van der Waals surface area (Å²) in [4.78, 5) is 30.0. The number of amides is 2. The average molecular weight is 417 g/mol. The minimum Gasteiger partial charge on any atom is -0.491 e. The summed E-state index contributed by atoms with van der Waals surface area (Å²) in [5, 5.41) is 9.04. The van der Waals surface area contributed by atoms with Crippen LogP contribution in [0.3, 0.4) is 0 Å². The molecule has 0 bridgehead atoms. The Labute approximate surface area is 181 Å². The van der Waals surface area contributed by atoms with Crippen molar-refractivity contribution in [1.82, 2.24) is 4.90 Å². The molecule has 2 amide bonds. The van der Waals surface area contributed by atoms with Crippen molar-refractivity contribution in [3.63, 3.8) is 0 Å². The van der Waals surface area contributed by atoms with E-state index in [1.165, 1.54) is 4.90 Å². The monoisotopic (exact) mass is 417 g/mol. The first kappa shape index (κ1) is 20.6. The number of carbonyl (C=O) groups excluding carboxylic acids is 2. The predicted octanol–water partition coefficient (Wildman–Crippen LogP) is 2.96. The van der Waals surface area contributed by atoms with Crippen molar-refractivity contribution in [3.05, 3.63) is 65.4 Å². The molecular formula is C24H23N3O4. The number of morpholine rings is 1. The Balaban J connectivity index is 1.75. The topological polar surface area (TPSA) is 82.9 Å². The van der Waals surface area contributed by atoms with Gasteiger partial charge >= 0.3 is 0 Å². The molecule has 0 aromatic heterocycles. The van der Waals surface area contributed by atoms with Crippen LogP contribution < -0.4 is 9.64 Å². The van der Waals surface area contributed by atoms with E-state index >= 15 is 0 Å². The highest BCUT2D eigenvalue weighted by Crippen LogP contribution is 2.35. The number of anilines is 1. The second-order valence-corrected chi connectivity index (χ2v) is 7.62. The molecule has 0 spiro atoms. The van der Waals surface area contributed by atoms with Gasteiger partial charge in [0.15, 0.2) is 0 Å². The molecule has 1 saturated heterocycles. The first-order chi connectivity index (χ1) is 15.0. The van der Waals surface area contributed by atoms with E-state index in [0.29, 0.717) is 60.1 Å². The van der Waals surface area contributed by atoms with Gasteiger partial charge in [-0.05, 0) is 55.8 Å². The van der Waals surface area contributed by atoms with E-state index in [2.05, 4.69) is 0 Å². The van der Waals surface area contributed by atoms with Gasteiger partial charge in [-0.2, -0.15) is 5.26 Å². The standard InChI is InChI=1S/C24H23N3O4/c1-16(2)31-20-9-5-18(6-10-20)21-22(26-11-13-30-14-12-26)24(29)27(23(21)28)19-7-3-17(15-25)4-8-19/h3-10,16H,11-14H2,1-2H3. The second kappa shape index (κ2) is 8.62. The van der Waals surface area contributed by atoms with Gasteiger partial charge in [0.25, 0.3) is 11.8 Å². The summed E-state index contributed by atoms with van der Waals surface area (Å²) in [5.74, 6) is -0.0455. The lowest BCUT2D eigenvalue weighted by Crippen LogP contribution is -2.40. The molecule has 2 aromatic rings. The zero-order valence-electron chi connectivity index (χ0n) is 17.5. The lowest BCUT2D eigenvalue weighted by atomic mass is 10.0. The molecule has 0 radical (unpaired) electrons. The van der Waals surface area contributed by atoms with Crippen LogP contribution in [0, 0.1) is 11.3 Å². The lowest BCUT2D eigenvalue weighted by molar-refractivity contribution is -0.121. The number of imide groups is 1. The van der Waals surface area contributed by atoms with E-state index < -0.39 is 0 Å². The van der Waals surface area contributed by atoms with Crippen molar-refractivity contribution in [3.8, 4) is 11.8 Å². The Morgan fingerprint density at radius 1 is 0.968 bits per heavy atom. The molecular weight excluding hydrogens is 394 g/mol. The molecule has 7 nitrogen and oxygen atoms in total. The quantitative estimate of drug-likeness (QED) is 0.696. The number of ether oxygens (including phenoxy) is 2. The van der Waals surface area contributed by atoms with Gasteiger partial charge in [-0.3, -0.25) is 9.59 Å². The molecule has 1 fully saturated rings. The summed E-state index contributed by atoms with van der Waals surface area (Å²) < 4.78 is 11.1. The molecule has 2 heterocycles. The van der Waals surface area contributed by atoms with E-state index in [4.69, 9.17) is 14.7 Å². The maximum atomic E-state index is 13.5. The average Bonchev–Trinajstić information content (AvgIpc) is 3.04. The van der Waals surface area contributed by atoms with Gasteiger partial charge in [0.2, 0.25) is 0 Å². The van der Waals surface area contributed by atoms with Crippen LogP contribution in [0.15, 0.2) is 54.2 Å². The molecule has 0 N–H and O–H groups in total. The Hall–Kier alpha value is -3.63. The molecule has 4 rings (SSSR count). The van der Waals surface area contributed by atoms with E-state index in [9.17, 15) is 9.59 Å². The number of nitrogens with zero attached hydrogens (tertiary/aromatic N) is 3. The Morgan fingerprint density at radius 3 is 2.19 bits per heavy atom. The maximum absolute atomic E-state index is 13.5. The zero-order chi connectivity index (χ0) is 22.0. The first-order valence-electron chi connectivity index (χ1n) is 10.2. The molecule has 0 saturated carbocycles. The minimum atomic E-state index is -0.381. The van der Waals surface area contributed by atoms with Gasteiger partial charge in [0.05, 0.1) is 42.2 Å². The maximum Gasteiger partial charge on any atom is 0.282 e. The largest absolute Gasteiger partial charge is 0.491 e. The van der Waals surface area contributed by atoms with Crippen LogP contribution in [0.2, 0.25) is 0 Å². The fraction of sp³-hybridized carbons (Fsp3) is 0.292. The summed E-state index contributed by atoms with van der Waals surface area (Å²) in [5.41, 5.74) is 2.31. The van der Waals surface area contributed by atoms with Gasteiger partial charge in [0.1, 0.15) is 11.4 Å². The first-order valence-corrected chi connectivity index (χ1v) is 10.2. The molecule has 7 heteroatoms. The highest BCUT2D eigenvalue weighted by atomic mass is 16.5. The normalized spacial score (nSPS) is 16.8. The molecule has 2 aliphatic heterocycles. The van der Waals surface area contributed by atoms with E-state index in [1.807, 2.05) is 24.8 Å². The second-order valence-electron chi connectivity index (χ2n) is 7.62. The van der Waals surface area contributed by atoms with Crippen molar-refractivity contribution in [1.29, 1.82) is 5.26 Å². The van der Waals surface area contributed by atoms with E-state index in [1.54, 1.807) is 48.5 Å². The summed E-state index contributed by atoms with van der Waals surface area (Å²) in [7, 11) is 0. The lowest BCUT2D eigenvalue weighted by Gasteiger charge is -2.29. The highest BCUT2D eigenvalue weighted by Gasteiger charge is 2.42. The van der Waals surface area contributed by atoms with Crippen LogP contribution in [0.4, 0.5) is 5.69 Å². The smallest absolute Gasteiger partial charge is 0.282 e. The van der Waals surface area contributed by atoms with Crippen molar-refractivity contribution in [2.75, 3.05) is 31.2 Å². The van der Waals surface area contributed by atoms with Gasteiger partial charge in [-0.1, -0.05) is 12.1 Å². The number of nitriles is 1. The molecule has 0 aliphatic carbocycles. The molecule has 2 aromatic carbocycles. The van der Waals surface area contributed by atoms with Crippen molar-refractivity contribution in [2.45, 2.75) is 20.0 Å². The number of carbonyl (C=O) groups is 2. The third kappa shape index (κ3) is 4.03. The highest BCUT2D eigenvalue weighted by molar-refractivity contribution is 6.45. The van der Waals surface area contributed by atoms with Gasteiger partial charge < -0.3 is 14.4 Å². The van der Waals surface area contributed by atoms with Gasteiger partial charge in [0, 0.05) is 13.1 Å². The molecule has 2 aliphatic rings. The minimum absolute atomic E-state index is 0.0375. The summed E-state index contributed by atoms with van der Waals surface area (Å²) in [6.07, 6.45) is 0.0375. The summed E-state index contributed by atoms with van der Waals surface area (Å²) >= 11 is 0. The van der Waals surface area contributed by atoms with E-state index in [0.717, 1.165) is 0 Å². The molecule has 0 atom stereocenters. The molecule has 0 unspecified atom stereocenters. The Kier molecular flexibility index (Phi) is 5.74. The van der Waals surface area contributed by atoms with Gasteiger partial charge in [-0.15, -0.1) is 0 Å². The Morgan fingerprint density at radius 2 is 1.61 bits per heavy atom. The van der Waals surface area contributed by atoms with Crippen LogP contribution in [-0.2, 0) is 14.3 Å². The van der Waals surface area contributed by atoms with Crippen LogP contribution in [0.25, 0.3) is 5.57 Å². The van der Waals surface area contributed by atoms with Crippen molar-refractivity contribution >= 4 is 23.1 Å². The van der Waals surface area contributed by atoms with E-state index in [-0.39, 0.29) is 17.9 Å². The number of hydrogen-bond donors (Lipinski definition) is 0.